The second-order valence-corrected chi connectivity index (χ2v) is 5.06. The van der Waals surface area contributed by atoms with Crippen molar-refractivity contribution >= 4 is 11.6 Å². The topological polar surface area (TPSA) is 30.5 Å². The van der Waals surface area contributed by atoms with Gasteiger partial charge in [-0.25, -0.2) is 0 Å². The van der Waals surface area contributed by atoms with E-state index in [9.17, 15) is 0 Å². The SMILES string of the molecule is CCNC(c1ccc(OC)cc1)c1ccc(OC)cc1Cl. The van der Waals surface area contributed by atoms with Crippen molar-refractivity contribution in [2.24, 2.45) is 0 Å². The molecule has 0 spiro atoms. The first kappa shape index (κ1) is 15.7. The molecule has 0 amide bonds. The molecule has 0 aliphatic rings. The molecule has 112 valence electrons. The number of ether oxygens (including phenoxy) is 2. The molecule has 1 atom stereocenters. The van der Waals surface area contributed by atoms with Crippen molar-refractivity contribution in [3.8, 4) is 11.5 Å². The van der Waals surface area contributed by atoms with Crippen LogP contribution < -0.4 is 14.8 Å². The Morgan fingerprint density at radius 2 is 1.62 bits per heavy atom. The van der Waals surface area contributed by atoms with Gasteiger partial charge in [-0.3, -0.25) is 0 Å². The standard InChI is InChI=1S/C17H20ClNO2/c1-4-19-17(12-5-7-13(20-2)8-6-12)15-10-9-14(21-3)11-16(15)18/h5-11,17,19H,4H2,1-3H3. The molecule has 0 aliphatic heterocycles. The molecule has 0 saturated carbocycles. The fourth-order valence-corrected chi connectivity index (χ4v) is 2.56. The second kappa shape index (κ2) is 7.34. The lowest BCUT2D eigenvalue weighted by atomic mass is 9.98. The van der Waals surface area contributed by atoms with E-state index >= 15 is 0 Å². The molecule has 0 aromatic heterocycles. The molecule has 0 bridgehead atoms. The van der Waals surface area contributed by atoms with Crippen molar-refractivity contribution in [2.45, 2.75) is 13.0 Å². The molecule has 2 rings (SSSR count). The Balaban J connectivity index is 2.37. The van der Waals surface area contributed by atoms with Gasteiger partial charge in [-0.1, -0.05) is 36.7 Å². The van der Waals surface area contributed by atoms with E-state index in [2.05, 4.69) is 12.2 Å². The Morgan fingerprint density at radius 3 is 2.14 bits per heavy atom. The van der Waals surface area contributed by atoms with Crippen LogP contribution in [-0.4, -0.2) is 20.8 Å². The van der Waals surface area contributed by atoms with Crippen molar-refractivity contribution in [3.63, 3.8) is 0 Å². The minimum Gasteiger partial charge on any atom is -0.497 e. The third-order valence-electron chi connectivity index (χ3n) is 3.38. The quantitative estimate of drug-likeness (QED) is 0.873. The third kappa shape index (κ3) is 3.69. The van der Waals surface area contributed by atoms with Gasteiger partial charge in [0.15, 0.2) is 0 Å². The zero-order valence-electron chi connectivity index (χ0n) is 12.5. The molecular formula is C17H20ClNO2. The maximum absolute atomic E-state index is 6.40. The van der Waals surface area contributed by atoms with Crippen LogP contribution in [0, 0.1) is 0 Å². The Bertz CT molecular complexity index is 584. The van der Waals surface area contributed by atoms with Gasteiger partial charge in [0, 0.05) is 5.02 Å². The van der Waals surface area contributed by atoms with Crippen molar-refractivity contribution in [1.82, 2.24) is 5.32 Å². The van der Waals surface area contributed by atoms with E-state index in [1.165, 1.54) is 0 Å². The fraction of sp³-hybridized carbons (Fsp3) is 0.294. The minimum absolute atomic E-state index is 0.0410. The number of nitrogens with one attached hydrogen (secondary N) is 1. The van der Waals surface area contributed by atoms with Gasteiger partial charge >= 0.3 is 0 Å². The van der Waals surface area contributed by atoms with Gasteiger partial charge in [0.25, 0.3) is 0 Å². The molecule has 0 aliphatic carbocycles. The van der Waals surface area contributed by atoms with Gasteiger partial charge in [0.1, 0.15) is 11.5 Å². The van der Waals surface area contributed by atoms with Crippen molar-refractivity contribution in [3.05, 3.63) is 58.6 Å². The van der Waals surface area contributed by atoms with Crippen molar-refractivity contribution < 1.29 is 9.47 Å². The van der Waals surface area contributed by atoms with Crippen LogP contribution in [0.1, 0.15) is 24.1 Å². The molecule has 0 saturated heterocycles. The normalized spacial score (nSPS) is 12.0. The molecular weight excluding hydrogens is 286 g/mol. The summed E-state index contributed by atoms with van der Waals surface area (Å²) in [5.41, 5.74) is 2.18. The number of hydrogen-bond acceptors (Lipinski definition) is 3. The molecule has 2 aromatic carbocycles. The first-order valence-corrected chi connectivity index (χ1v) is 7.28. The lowest BCUT2D eigenvalue weighted by molar-refractivity contribution is 0.414. The summed E-state index contributed by atoms with van der Waals surface area (Å²) in [6.45, 7) is 2.92. The highest BCUT2D eigenvalue weighted by Crippen LogP contribution is 2.31. The van der Waals surface area contributed by atoms with Crippen LogP contribution in [-0.2, 0) is 0 Å². The van der Waals surface area contributed by atoms with Crippen LogP contribution in [0.2, 0.25) is 5.02 Å². The van der Waals surface area contributed by atoms with E-state index in [4.69, 9.17) is 21.1 Å². The lowest BCUT2D eigenvalue weighted by Gasteiger charge is -2.21. The zero-order chi connectivity index (χ0) is 15.2. The van der Waals surface area contributed by atoms with Gasteiger partial charge in [0.2, 0.25) is 0 Å². The second-order valence-electron chi connectivity index (χ2n) is 4.65. The summed E-state index contributed by atoms with van der Waals surface area (Å²) in [6, 6.07) is 13.8. The first-order valence-electron chi connectivity index (χ1n) is 6.90. The predicted octanol–water partition coefficient (Wildman–Crippen LogP) is 4.06. The van der Waals surface area contributed by atoms with E-state index in [1.54, 1.807) is 14.2 Å². The molecule has 4 heteroatoms. The number of hydrogen-bond donors (Lipinski definition) is 1. The van der Waals surface area contributed by atoms with Crippen LogP contribution in [0.5, 0.6) is 11.5 Å². The largest absolute Gasteiger partial charge is 0.497 e. The molecule has 1 N–H and O–H groups in total. The lowest BCUT2D eigenvalue weighted by Crippen LogP contribution is -2.22. The van der Waals surface area contributed by atoms with E-state index in [-0.39, 0.29) is 6.04 Å². The van der Waals surface area contributed by atoms with Crippen LogP contribution in [0.25, 0.3) is 0 Å². The summed E-state index contributed by atoms with van der Waals surface area (Å²) in [4.78, 5) is 0. The highest BCUT2D eigenvalue weighted by Gasteiger charge is 2.16. The Labute approximate surface area is 130 Å². The molecule has 0 fully saturated rings. The smallest absolute Gasteiger partial charge is 0.120 e. The average molecular weight is 306 g/mol. The summed E-state index contributed by atoms with van der Waals surface area (Å²) >= 11 is 6.40. The maximum Gasteiger partial charge on any atom is 0.120 e. The Kier molecular flexibility index (Phi) is 5.48. The molecule has 21 heavy (non-hydrogen) atoms. The summed E-state index contributed by atoms with van der Waals surface area (Å²) in [6.07, 6.45) is 0. The molecule has 2 aromatic rings. The summed E-state index contributed by atoms with van der Waals surface area (Å²) < 4.78 is 10.4. The van der Waals surface area contributed by atoms with E-state index < -0.39 is 0 Å². The Hall–Kier alpha value is -1.71. The number of halogens is 1. The maximum atomic E-state index is 6.40. The minimum atomic E-state index is 0.0410. The van der Waals surface area contributed by atoms with Gasteiger partial charge < -0.3 is 14.8 Å². The van der Waals surface area contributed by atoms with Gasteiger partial charge in [-0.15, -0.1) is 0 Å². The monoisotopic (exact) mass is 305 g/mol. The van der Waals surface area contributed by atoms with Gasteiger partial charge in [0.05, 0.1) is 20.3 Å². The van der Waals surface area contributed by atoms with Crippen molar-refractivity contribution in [1.29, 1.82) is 0 Å². The van der Waals surface area contributed by atoms with E-state index in [0.717, 1.165) is 29.2 Å². The number of benzene rings is 2. The third-order valence-corrected chi connectivity index (χ3v) is 3.70. The molecule has 0 radical (unpaired) electrons. The highest BCUT2D eigenvalue weighted by atomic mass is 35.5. The Morgan fingerprint density at radius 1 is 1.00 bits per heavy atom. The predicted molar refractivity (Wildman–Crippen MR) is 86.5 cm³/mol. The molecule has 1 unspecified atom stereocenters. The molecule has 0 heterocycles. The molecule has 3 nitrogen and oxygen atoms in total. The fourth-order valence-electron chi connectivity index (χ4n) is 2.28. The van der Waals surface area contributed by atoms with Crippen LogP contribution >= 0.6 is 11.6 Å². The van der Waals surface area contributed by atoms with Crippen LogP contribution in [0.4, 0.5) is 0 Å². The summed E-state index contributed by atoms with van der Waals surface area (Å²) in [7, 11) is 3.30. The summed E-state index contributed by atoms with van der Waals surface area (Å²) in [5.74, 6) is 1.60. The zero-order valence-corrected chi connectivity index (χ0v) is 13.3. The number of rotatable bonds is 6. The van der Waals surface area contributed by atoms with Crippen LogP contribution in [0.15, 0.2) is 42.5 Å². The van der Waals surface area contributed by atoms with E-state index in [0.29, 0.717) is 5.02 Å². The van der Waals surface area contributed by atoms with Crippen molar-refractivity contribution in [2.75, 3.05) is 20.8 Å². The highest BCUT2D eigenvalue weighted by molar-refractivity contribution is 6.31. The first-order chi connectivity index (χ1) is 10.2. The van der Waals surface area contributed by atoms with Crippen LogP contribution in [0.3, 0.4) is 0 Å². The van der Waals surface area contributed by atoms with Gasteiger partial charge in [-0.05, 0) is 41.9 Å². The number of methoxy groups -OCH3 is 2. The van der Waals surface area contributed by atoms with E-state index in [1.807, 2.05) is 42.5 Å². The average Bonchev–Trinajstić information content (AvgIpc) is 2.53. The van der Waals surface area contributed by atoms with Gasteiger partial charge in [-0.2, -0.15) is 0 Å². The summed E-state index contributed by atoms with van der Waals surface area (Å²) in [5, 5.41) is 4.16.